The number of hydrogen-bond donors (Lipinski definition) is 3. The lowest BCUT2D eigenvalue weighted by molar-refractivity contribution is -0.383. The maximum Gasteiger partial charge on any atom is 0.354 e. The van der Waals surface area contributed by atoms with Crippen LogP contribution in [0.15, 0.2) is 30.6 Å². The van der Waals surface area contributed by atoms with Crippen molar-refractivity contribution in [3.05, 3.63) is 51.8 Å². The molecule has 28 heavy (non-hydrogen) atoms. The van der Waals surface area contributed by atoms with Gasteiger partial charge in [-0.15, -0.1) is 0 Å². The molecule has 2 aromatic rings. The molecule has 1 aliphatic rings. The van der Waals surface area contributed by atoms with E-state index in [2.05, 4.69) is 26.1 Å². The highest BCUT2D eigenvalue weighted by atomic mass is 16.6. The molecule has 1 aliphatic carbocycles. The van der Waals surface area contributed by atoms with Crippen LogP contribution in [-0.2, 0) is 0 Å². The van der Waals surface area contributed by atoms with Crippen molar-refractivity contribution >= 4 is 23.2 Å². The molecule has 9 heteroatoms. The summed E-state index contributed by atoms with van der Waals surface area (Å²) < 4.78 is 0. The third kappa shape index (κ3) is 4.73. The Morgan fingerprint density at radius 3 is 2.46 bits per heavy atom. The highest BCUT2D eigenvalue weighted by Gasteiger charge is 2.25. The maximum absolute atomic E-state index is 12.4. The van der Waals surface area contributed by atoms with E-state index in [4.69, 9.17) is 0 Å². The number of nitro groups is 1. The van der Waals surface area contributed by atoms with Crippen molar-refractivity contribution in [2.24, 2.45) is 0 Å². The van der Waals surface area contributed by atoms with Gasteiger partial charge in [0, 0.05) is 11.6 Å². The average Bonchev–Trinajstić information content (AvgIpc) is 2.95. The summed E-state index contributed by atoms with van der Waals surface area (Å²) in [4.78, 5) is 31.5. The van der Waals surface area contributed by atoms with Gasteiger partial charge in [0.25, 0.3) is 5.91 Å². The lowest BCUT2D eigenvalue weighted by Gasteiger charge is -2.17. The molecule has 0 spiro atoms. The number of carbonyl (C=O) groups excluding carboxylic acids is 1. The Kier molecular flexibility index (Phi) is 6.36. The Morgan fingerprint density at radius 2 is 1.79 bits per heavy atom. The number of carbonyl (C=O) groups is 1. The second-order valence-electron chi connectivity index (χ2n) is 6.90. The van der Waals surface area contributed by atoms with Crippen LogP contribution in [0.1, 0.15) is 54.4 Å². The van der Waals surface area contributed by atoms with Crippen LogP contribution in [0.5, 0.6) is 0 Å². The molecule has 1 amide bonds. The highest BCUT2D eigenvalue weighted by Crippen LogP contribution is 2.30. The van der Waals surface area contributed by atoms with E-state index < -0.39 is 10.8 Å². The Morgan fingerprint density at radius 1 is 1.11 bits per heavy atom. The van der Waals surface area contributed by atoms with Gasteiger partial charge in [-0.25, -0.2) is 9.97 Å². The first kappa shape index (κ1) is 19.5. The van der Waals surface area contributed by atoms with Crippen molar-refractivity contribution in [2.75, 3.05) is 10.7 Å². The van der Waals surface area contributed by atoms with E-state index in [-0.39, 0.29) is 23.4 Å². The van der Waals surface area contributed by atoms with Crippen LogP contribution in [0, 0.1) is 17.0 Å². The number of benzene rings is 1. The Hall–Kier alpha value is -3.23. The summed E-state index contributed by atoms with van der Waals surface area (Å²) in [6.07, 6.45) is 7.70. The number of amides is 1. The second kappa shape index (κ2) is 9.12. The van der Waals surface area contributed by atoms with Crippen LogP contribution in [0.4, 0.5) is 17.3 Å². The largest absolute Gasteiger partial charge is 0.361 e. The van der Waals surface area contributed by atoms with Crippen molar-refractivity contribution in [1.29, 1.82) is 0 Å². The first-order chi connectivity index (χ1) is 13.6. The number of aryl methyl sites for hydroxylation is 1. The predicted octanol–water partition coefficient (Wildman–Crippen LogP) is 3.58. The van der Waals surface area contributed by atoms with E-state index in [0.717, 1.165) is 31.2 Å². The van der Waals surface area contributed by atoms with E-state index >= 15 is 0 Å². The molecule has 0 saturated heterocycles. The monoisotopic (exact) mass is 384 g/mol. The minimum atomic E-state index is -0.540. The predicted molar refractivity (Wildman–Crippen MR) is 106 cm³/mol. The van der Waals surface area contributed by atoms with Crippen molar-refractivity contribution in [3.63, 3.8) is 0 Å². The fourth-order valence-corrected chi connectivity index (χ4v) is 3.38. The molecule has 1 aromatic heterocycles. The number of aromatic nitrogens is 2. The van der Waals surface area contributed by atoms with Crippen LogP contribution in [-0.4, -0.2) is 26.8 Å². The lowest BCUT2D eigenvalue weighted by Crippen LogP contribution is -2.31. The molecule has 0 aliphatic heterocycles. The average molecular weight is 384 g/mol. The summed E-state index contributed by atoms with van der Waals surface area (Å²) >= 11 is 0. The second-order valence-corrected chi connectivity index (χ2v) is 6.90. The topological polar surface area (TPSA) is 122 Å². The summed E-state index contributed by atoms with van der Waals surface area (Å²) in [7, 11) is 0. The van der Waals surface area contributed by atoms with Crippen LogP contribution in [0.3, 0.4) is 0 Å². The third-order valence-electron chi connectivity index (χ3n) is 4.88. The Bertz CT molecular complexity index is 849. The number of hydrogen-bond acceptors (Lipinski definition) is 7. The van der Waals surface area contributed by atoms with Crippen LogP contribution >= 0.6 is 0 Å². The number of nitrogens with one attached hydrogen (secondary N) is 3. The quantitative estimate of drug-likeness (QED) is 0.395. The molecule has 0 bridgehead atoms. The van der Waals surface area contributed by atoms with E-state index in [0.29, 0.717) is 5.56 Å². The molecule has 0 radical (unpaired) electrons. The summed E-state index contributed by atoms with van der Waals surface area (Å²) in [5.41, 5.74) is 6.05. The van der Waals surface area contributed by atoms with Crippen molar-refractivity contribution in [1.82, 2.24) is 15.4 Å². The van der Waals surface area contributed by atoms with E-state index in [9.17, 15) is 14.9 Å². The first-order valence-electron chi connectivity index (χ1n) is 9.44. The summed E-state index contributed by atoms with van der Waals surface area (Å²) in [6, 6.07) is 7.23. The van der Waals surface area contributed by atoms with Crippen molar-refractivity contribution in [2.45, 2.75) is 51.5 Å². The molecule has 0 atom stereocenters. The summed E-state index contributed by atoms with van der Waals surface area (Å²) in [5.74, 6) is -0.290. The fraction of sp³-hybridized carbons (Fsp3) is 0.421. The van der Waals surface area contributed by atoms with Gasteiger partial charge in [-0.05, 0) is 31.4 Å². The van der Waals surface area contributed by atoms with Gasteiger partial charge in [0.15, 0.2) is 0 Å². The van der Waals surface area contributed by atoms with E-state index in [1.165, 1.54) is 19.2 Å². The molecular formula is C19H24N6O3. The normalized spacial score (nSPS) is 14.8. The number of anilines is 2. The van der Waals surface area contributed by atoms with Gasteiger partial charge in [0.2, 0.25) is 11.6 Å². The molecule has 148 valence electrons. The first-order valence-corrected chi connectivity index (χ1v) is 9.44. The fourth-order valence-electron chi connectivity index (χ4n) is 3.38. The van der Waals surface area contributed by atoms with Gasteiger partial charge in [-0.3, -0.25) is 25.8 Å². The smallest absolute Gasteiger partial charge is 0.354 e. The molecule has 9 nitrogen and oxygen atoms in total. The molecule has 1 saturated carbocycles. The molecule has 1 heterocycles. The van der Waals surface area contributed by atoms with Gasteiger partial charge in [-0.2, -0.15) is 0 Å². The van der Waals surface area contributed by atoms with E-state index in [1.807, 2.05) is 19.1 Å². The molecular weight excluding hydrogens is 360 g/mol. The van der Waals surface area contributed by atoms with Crippen LogP contribution < -0.4 is 16.2 Å². The number of nitrogens with zero attached hydrogens (tertiary/aromatic N) is 3. The molecule has 1 fully saturated rings. The van der Waals surface area contributed by atoms with Crippen LogP contribution in [0.25, 0.3) is 0 Å². The zero-order valence-electron chi connectivity index (χ0n) is 15.8. The lowest BCUT2D eigenvalue weighted by atomic mass is 10.1. The number of rotatable bonds is 6. The molecule has 0 unspecified atom stereocenters. The van der Waals surface area contributed by atoms with Gasteiger partial charge >= 0.3 is 5.69 Å². The van der Waals surface area contributed by atoms with Gasteiger partial charge in [0.1, 0.15) is 6.33 Å². The zero-order valence-corrected chi connectivity index (χ0v) is 15.8. The van der Waals surface area contributed by atoms with E-state index in [1.54, 1.807) is 12.1 Å². The maximum atomic E-state index is 12.4. The highest BCUT2D eigenvalue weighted by molar-refractivity contribution is 5.96. The SMILES string of the molecule is Cc1ccccc1C(=O)NNc1ncnc(NC2CCCCCC2)c1[N+](=O)[O-]. The minimum absolute atomic E-state index is 0.0574. The third-order valence-corrected chi connectivity index (χ3v) is 4.88. The number of hydrazine groups is 1. The van der Waals surface area contributed by atoms with Gasteiger partial charge < -0.3 is 5.32 Å². The summed E-state index contributed by atoms with van der Waals surface area (Å²) in [6.45, 7) is 1.82. The summed E-state index contributed by atoms with van der Waals surface area (Å²) in [5, 5.41) is 14.8. The van der Waals surface area contributed by atoms with Gasteiger partial charge in [-0.1, -0.05) is 43.9 Å². The minimum Gasteiger partial charge on any atom is -0.361 e. The van der Waals surface area contributed by atoms with Crippen LogP contribution in [0.2, 0.25) is 0 Å². The Balaban J connectivity index is 1.76. The van der Waals surface area contributed by atoms with Crippen molar-refractivity contribution < 1.29 is 9.72 Å². The zero-order chi connectivity index (χ0) is 19.9. The molecule has 3 rings (SSSR count). The van der Waals surface area contributed by atoms with Crippen molar-refractivity contribution in [3.8, 4) is 0 Å². The standard InChI is InChI=1S/C19H24N6O3/c1-13-8-6-7-11-15(13)19(26)24-23-18-16(25(27)28)17(20-12-21-18)22-14-9-4-2-3-5-10-14/h6-8,11-12,14H,2-5,9-10H2,1H3,(H,24,26)(H2,20,21,22,23). The molecule has 1 aromatic carbocycles. The van der Waals surface area contributed by atoms with Gasteiger partial charge in [0.05, 0.1) is 4.92 Å². The Labute approximate surface area is 163 Å². The molecule has 3 N–H and O–H groups in total.